The lowest BCUT2D eigenvalue weighted by Gasteiger charge is -2.29. The number of hydrogen-bond acceptors (Lipinski definition) is 5. The zero-order chi connectivity index (χ0) is 17.6. The minimum atomic E-state index is -3.22. The molecule has 2 rings (SSSR count). The summed E-state index contributed by atoms with van der Waals surface area (Å²) < 4.78 is 30.2. The molecule has 0 aromatic heterocycles. The first-order valence-electron chi connectivity index (χ1n) is 8.29. The van der Waals surface area contributed by atoms with Crippen molar-refractivity contribution >= 4 is 16.0 Å². The van der Waals surface area contributed by atoms with Gasteiger partial charge in [0, 0.05) is 6.54 Å². The first-order valence-corrected chi connectivity index (χ1v) is 10.2. The van der Waals surface area contributed by atoms with Gasteiger partial charge in [0.25, 0.3) is 0 Å². The highest BCUT2D eigenvalue weighted by atomic mass is 32.2. The minimum absolute atomic E-state index is 0.0112. The molecule has 0 spiro atoms. The quantitative estimate of drug-likeness (QED) is 0.751. The van der Waals surface area contributed by atoms with Crippen molar-refractivity contribution in [2.75, 3.05) is 25.9 Å². The van der Waals surface area contributed by atoms with Crippen LogP contribution in [0.4, 0.5) is 0 Å². The maximum absolute atomic E-state index is 12.2. The van der Waals surface area contributed by atoms with Crippen LogP contribution < -0.4 is 4.72 Å². The molecule has 0 amide bonds. The average molecular weight is 354 g/mol. The number of likely N-dealkylation sites (tertiary alicyclic amines) is 1. The van der Waals surface area contributed by atoms with Gasteiger partial charge < -0.3 is 9.64 Å². The average Bonchev–Trinajstić information content (AvgIpc) is 2.58. The number of carbonyl (C=O) groups is 1. The van der Waals surface area contributed by atoms with E-state index < -0.39 is 10.0 Å². The largest absolute Gasteiger partial charge is 0.461 e. The second kappa shape index (κ2) is 8.60. The molecule has 0 unspecified atom stereocenters. The molecule has 1 N–H and O–H groups in total. The predicted molar refractivity (Wildman–Crippen MR) is 92.8 cm³/mol. The molecule has 24 heavy (non-hydrogen) atoms. The number of nitrogens with zero attached hydrogens (tertiary/aromatic N) is 1. The van der Waals surface area contributed by atoms with Gasteiger partial charge in [0.15, 0.2) is 0 Å². The number of benzene rings is 1. The molecule has 1 aliphatic rings. The van der Waals surface area contributed by atoms with Crippen LogP contribution in [0.15, 0.2) is 24.3 Å². The Morgan fingerprint density at radius 2 is 1.96 bits per heavy atom. The standard InChI is InChI=1S/C17H26N2O4S/c1-3-19-9-7-16(8-10-19)17(20)23-13-15-6-4-5-14(11-15)12-18-24(2,21)22/h4-6,11,16,18H,3,7-10,12-13H2,1-2H3. The number of nitrogens with one attached hydrogen (secondary N) is 1. The van der Waals surface area contributed by atoms with Crippen LogP contribution in [0.1, 0.15) is 30.9 Å². The summed E-state index contributed by atoms with van der Waals surface area (Å²) in [6.45, 7) is 5.50. The highest BCUT2D eigenvalue weighted by molar-refractivity contribution is 7.88. The number of ether oxygens (including phenoxy) is 1. The summed E-state index contributed by atoms with van der Waals surface area (Å²) in [4.78, 5) is 14.5. The van der Waals surface area contributed by atoms with Crippen LogP contribution >= 0.6 is 0 Å². The fraction of sp³-hybridized carbons (Fsp3) is 0.588. The van der Waals surface area contributed by atoms with Crippen molar-refractivity contribution in [3.8, 4) is 0 Å². The van der Waals surface area contributed by atoms with Crippen LogP contribution in [0.2, 0.25) is 0 Å². The Bertz CT molecular complexity index is 652. The van der Waals surface area contributed by atoms with Crippen molar-refractivity contribution in [1.29, 1.82) is 0 Å². The lowest BCUT2D eigenvalue weighted by atomic mass is 9.97. The van der Waals surface area contributed by atoms with Crippen molar-refractivity contribution in [2.45, 2.75) is 32.9 Å². The van der Waals surface area contributed by atoms with Crippen LogP contribution in [-0.4, -0.2) is 45.2 Å². The fourth-order valence-electron chi connectivity index (χ4n) is 2.80. The molecule has 1 aromatic carbocycles. The van der Waals surface area contributed by atoms with E-state index in [0.29, 0.717) is 0 Å². The van der Waals surface area contributed by atoms with E-state index in [0.717, 1.165) is 49.9 Å². The maximum atomic E-state index is 12.2. The van der Waals surface area contributed by atoms with E-state index in [9.17, 15) is 13.2 Å². The third-order valence-corrected chi connectivity index (χ3v) is 4.95. The molecule has 0 atom stereocenters. The first-order chi connectivity index (χ1) is 11.4. The van der Waals surface area contributed by atoms with Gasteiger partial charge in [-0.05, 0) is 43.6 Å². The van der Waals surface area contributed by atoms with Gasteiger partial charge in [-0.1, -0.05) is 31.2 Å². The van der Waals surface area contributed by atoms with Gasteiger partial charge >= 0.3 is 5.97 Å². The third kappa shape index (κ3) is 6.22. The Morgan fingerprint density at radius 3 is 2.58 bits per heavy atom. The summed E-state index contributed by atoms with van der Waals surface area (Å²) in [7, 11) is -3.22. The molecule has 1 fully saturated rings. The van der Waals surface area contributed by atoms with E-state index in [-0.39, 0.29) is 25.0 Å². The van der Waals surface area contributed by atoms with Crippen LogP contribution in [0.5, 0.6) is 0 Å². The van der Waals surface area contributed by atoms with Crippen LogP contribution in [-0.2, 0) is 32.7 Å². The van der Waals surface area contributed by atoms with E-state index >= 15 is 0 Å². The minimum Gasteiger partial charge on any atom is -0.461 e. The summed E-state index contributed by atoms with van der Waals surface area (Å²) in [6.07, 6.45) is 2.83. The van der Waals surface area contributed by atoms with Gasteiger partial charge in [0.2, 0.25) is 10.0 Å². The molecule has 6 nitrogen and oxygen atoms in total. The summed E-state index contributed by atoms with van der Waals surface area (Å²) in [5, 5.41) is 0. The number of sulfonamides is 1. The number of hydrogen-bond donors (Lipinski definition) is 1. The zero-order valence-corrected chi connectivity index (χ0v) is 15.1. The van der Waals surface area contributed by atoms with E-state index in [1.165, 1.54) is 0 Å². The topological polar surface area (TPSA) is 75.7 Å². The second-order valence-corrected chi connectivity index (χ2v) is 8.06. The Balaban J connectivity index is 1.82. The monoisotopic (exact) mass is 354 g/mol. The molecule has 0 radical (unpaired) electrons. The van der Waals surface area contributed by atoms with Crippen molar-refractivity contribution in [2.24, 2.45) is 5.92 Å². The summed E-state index contributed by atoms with van der Waals surface area (Å²) >= 11 is 0. The smallest absolute Gasteiger partial charge is 0.309 e. The highest BCUT2D eigenvalue weighted by Crippen LogP contribution is 2.19. The Morgan fingerprint density at radius 1 is 1.29 bits per heavy atom. The Hall–Kier alpha value is -1.44. The first kappa shape index (κ1) is 18.9. The van der Waals surface area contributed by atoms with Crippen molar-refractivity contribution in [3.05, 3.63) is 35.4 Å². The maximum Gasteiger partial charge on any atom is 0.309 e. The van der Waals surface area contributed by atoms with Crippen molar-refractivity contribution in [3.63, 3.8) is 0 Å². The third-order valence-electron chi connectivity index (χ3n) is 4.28. The number of esters is 1. The van der Waals surface area contributed by atoms with Crippen LogP contribution in [0.3, 0.4) is 0 Å². The fourth-order valence-corrected chi connectivity index (χ4v) is 3.23. The Labute approximate surface area is 144 Å². The number of piperidine rings is 1. The van der Waals surface area contributed by atoms with Gasteiger partial charge in [-0.25, -0.2) is 13.1 Å². The SMILES string of the molecule is CCN1CCC(C(=O)OCc2cccc(CNS(C)(=O)=O)c2)CC1. The molecule has 0 saturated carbocycles. The number of rotatable bonds is 7. The van der Waals surface area contributed by atoms with Gasteiger partial charge in [-0.2, -0.15) is 0 Å². The molecular weight excluding hydrogens is 328 g/mol. The molecule has 1 heterocycles. The summed E-state index contributed by atoms with van der Waals surface area (Å²) in [5.74, 6) is -0.145. The van der Waals surface area contributed by atoms with Crippen LogP contribution in [0.25, 0.3) is 0 Å². The van der Waals surface area contributed by atoms with Crippen molar-refractivity contribution in [1.82, 2.24) is 9.62 Å². The molecule has 0 aliphatic carbocycles. The molecule has 1 aromatic rings. The zero-order valence-electron chi connectivity index (χ0n) is 14.3. The molecule has 1 saturated heterocycles. The summed E-state index contributed by atoms with van der Waals surface area (Å²) in [5.41, 5.74) is 1.70. The van der Waals surface area contributed by atoms with E-state index in [1.54, 1.807) is 0 Å². The Kier molecular flexibility index (Phi) is 6.77. The van der Waals surface area contributed by atoms with E-state index in [2.05, 4.69) is 16.5 Å². The van der Waals surface area contributed by atoms with Gasteiger partial charge in [-0.3, -0.25) is 4.79 Å². The predicted octanol–water partition coefficient (Wildman–Crippen LogP) is 1.51. The molecular formula is C17H26N2O4S. The van der Waals surface area contributed by atoms with E-state index in [4.69, 9.17) is 4.74 Å². The lowest BCUT2D eigenvalue weighted by molar-refractivity contribution is -0.151. The lowest BCUT2D eigenvalue weighted by Crippen LogP contribution is -2.36. The van der Waals surface area contributed by atoms with Crippen LogP contribution in [0, 0.1) is 5.92 Å². The second-order valence-electron chi connectivity index (χ2n) is 6.23. The normalized spacial score (nSPS) is 16.9. The highest BCUT2D eigenvalue weighted by Gasteiger charge is 2.25. The molecule has 7 heteroatoms. The van der Waals surface area contributed by atoms with Gasteiger partial charge in [-0.15, -0.1) is 0 Å². The molecule has 1 aliphatic heterocycles. The van der Waals surface area contributed by atoms with E-state index in [1.807, 2.05) is 24.3 Å². The van der Waals surface area contributed by atoms with Gasteiger partial charge in [0.1, 0.15) is 6.61 Å². The molecule has 0 bridgehead atoms. The summed E-state index contributed by atoms with van der Waals surface area (Å²) in [6, 6.07) is 7.40. The van der Waals surface area contributed by atoms with Crippen molar-refractivity contribution < 1.29 is 17.9 Å². The van der Waals surface area contributed by atoms with Gasteiger partial charge in [0.05, 0.1) is 12.2 Å². The number of carbonyl (C=O) groups excluding carboxylic acids is 1. The molecule has 134 valence electrons.